The molecule has 1 aliphatic rings. The van der Waals surface area contributed by atoms with Crippen LogP contribution in [-0.4, -0.2) is 36.2 Å². The highest BCUT2D eigenvalue weighted by Gasteiger charge is 2.31. The van der Waals surface area contributed by atoms with Crippen molar-refractivity contribution in [1.82, 2.24) is 5.32 Å². The normalized spacial score (nSPS) is 28.1. The van der Waals surface area contributed by atoms with Gasteiger partial charge in [0, 0.05) is 13.5 Å². The molecule has 1 amide bonds. The first kappa shape index (κ1) is 9.98. The van der Waals surface area contributed by atoms with Crippen molar-refractivity contribution >= 4 is 11.9 Å². The van der Waals surface area contributed by atoms with Crippen LogP contribution in [0.1, 0.15) is 13.3 Å². The van der Waals surface area contributed by atoms with Crippen molar-refractivity contribution in [1.29, 1.82) is 0 Å². The van der Waals surface area contributed by atoms with E-state index in [1.165, 1.54) is 6.92 Å². The van der Waals surface area contributed by atoms with Gasteiger partial charge in [-0.1, -0.05) is 0 Å². The molecule has 1 aliphatic heterocycles. The van der Waals surface area contributed by atoms with Crippen molar-refractivity contribution in [2.24, 2.45) is 5.92 Å². The first-order chi connectivity index (χ1) is 6.11. The number of carboxylic acid groups (broad SMARTS) is 1. The van der Waals surface area contributed by atoms with E-state index < -0.39 is 11.9 Å². The maximum atomic E-state index is 10.7. The van der Waals surface area contributed by atoms with Crippen molar-refractivity contribution in [2.45, 2.75) is 19.4 Å². The van der Waals surface area contributed by atoms with Gasteiger partial charge in [-0.3, -0.25) is 9.59 Å². The number of carbonyl (C=O) groups is 2. The van der Waals surface area contributed by atoms with Crippen LogP contribution in [0, 0.1) is 5.92 Å². The van der Waals surface area contributed by atoms with E-state index in [0.29, 0.717) is 13.0 Å². The molecular weight excluding hydrogens is 174 g/mol. The molecule has 1 saturated heterocycles. The van der Waals surface area contributed by atoms with Crippen LogP contribution in [0.15, 0.2) is 0 Å². The Morgan fingerprint density at radius 2 is 2.23 bits per heavy atom. The number of carboxylic acids is 1. The standard InChI is InChI=1S/C8H13NO4/c1-5(10)9-7-4-13-3-2-6(7)8(11)12/h6-7H,2-4H2,1H3,(H,9,10)(H,11,12)/t6-,7+/m0/s1. The van der Waals surface area contributed by atoms with Crippen LogP contribution in [0.2, 0.25) is 0 Å². The molecule has 1 fully saturated rings. The Labute approximate surface area is 76.1 Å². The molecule has 2 atom stereocenters. The molecule has 0 aromatic rings. The molecule has 0 radical (unpaired) electrons. The lowest BCUT2D eigenvalue weighted by Gasteiger charge is -2.28. The third kappa shape index (κ3) is 2.69. The van der Waals surface area contributed by atoms with Crippen molar-refractivity contribution in [3.63, 3.8) is 0 Å². The van der Waals surface area contributed by atoms with Gasteiger partial charge < -0.3 is 15.2 Å². The van der Waals surface area contributed by atoms with Crippen LogP contribution in [0.4, 0.5) is 0 Å². The summed E-state index contributed by atoms with van der Waals surface area (Å²) in [5, 5.41) is 11.4. The molecule has 2 N–H and O–H groups in total. The lowest BCUT2D eigenvalue weighted by atomic mass is 9.95. The van der Waals surface area contributed by atoms with Gasteiger partial charge in [0.15, 0.2) is 0 Å². The fourth-order valence-corrected chi connectivity index (χ4v) is 1.44. The van der Waals surface area contributed by atoms with Crippen molar-refractivity contribution in [2.75, 3.05) is 13.2 Å². The molecule has 0 aromatic heterocycles. The fourth-order valence-electron chi connectivity index (χ4n) is 1.44. The highest BCUT2D eigenvalue weighted by atomic mass is 16.5. The van der Waals surface area contributed by atoms with Gasteiger partial charge in [-0.05, 0) is 6.42 Å². The number of carbonyl (C=O) groups excluding carboxylic acids is 1. The second-order valence-electron chi connectivity index (χ2n) is 3.12. The lowest BCUT2D eigenvalue weighted by Crippen LogP contribution is -2.48. The molecule has 0 spiro atoms. The minimum Gasteiger partial charge on any atom is -0.481 e. The smallest absolute Gasteiger partial charge is 0.308 e. The van der Waals surface area contributed by atoms with Gasteiger partial charge in [-0.2, -0.15) is 0 Å². The summed E-state index contributed by atoms with van der Waals surface area (Å²) in [4.78, 5) is 21.5. The van der Waals surface area contributed by atoms with Crippen molar-refractivity contribution in [3.8, 4) is 0 Å². The maximum Gasteiger partial charge on any atom is 0.308 e. The molecule has 74 valence electrons. The van der Waals surface area contributed by atoms with Gasteiger partial charge in [-0.25, -0.2) is 0 Å². The van der Waals surface area contributed by atoms with Gasteiger partial charge in [-0.15, -0.1) is 0 Å². The summed E-state index contributed by atoms with van der Waals surface area (Å²) in [6.45, 7) is 2.11. The zero-order valence-electron chi connectivity index (χ0n) is 7.45. The van der Waals surface area contributed by atoms with E-state index in [-0.39, 0.29) is 18.6 Å². The SMILES string of the molecule is CC(=O)N[C@@H]1COCC[C@@H]1C(=O)O. The number of aliphatic carboxylic acids is 1. The molecule has 5 nitrogen and oxygen atoms in total. The number of hydrogen-bond donors (Lipinski definition) is 2. The van der Waals surface area contributed by atoms with Crippen LogP contribution in [0.5, 0.6) is 0 Å². The van der Waals surface area contributed by atoms with Gasteiger partial charge in [0.1, 0.15) is 0 Å². The van der Waals surface area contributed by atoms with Gasteiger partial charge in [0.25, 0.3) is 0 Å². The summed E-state index contributed by atoms with van der Waals surface area (Å²) in [6.07, 6.45) is 0.459. The number of rotatable bonds is 2. The highest BCUT2D eigenvalue weighted by Crippen LogP contribution is 2.15. The van der Waals surface area contributed by atoms with E-state index in [9.17, 15) is 9.59 Å². The monoisotopic (exact) mass is 187 g/mol. The predicted octanol–water partition coefficient (Wildman–Crippen LogP) is -0.388. The summed E-state index contributed by atoms with van der Waals surface area (Å²) in [5.41, 5.74) is 0. The Morgan fingerprint density at radius 1 is 1.54 bits per heavy atom. The largest absolute Gasteiger partial charge is 0.481 e. The Morgan fingerprint density at radius 3 is 2.77 bits per heavy atom. The summed E-state index contributed by atoms with van der Waals surface area (Å²) >= 11 is 0. The third-order valence-corrected chi connectivity index (χ3v) is 2.06. The average Bonchev–Trinajstić information content (AvgIpc) is 2.03. The molecule has 0 bridgehead atoms. The molecule has 5 heteroatoms. The van der Waals surface area contributed by atoms with Gasteiger partial charge in [0.2, 0.25) is 5.91 Å². The second-order valence-corrected chi connectivity index (χ2v) is 3.12. The van der Waals surface area contributed by atoms with E-state index in [0.717, 1.165) is 0 Å². The average molecular weight is 187 g/mol. The second kappa shape index (κ2) is 4.23. The van der Waals surface area contributed by atoms with Gasteiger partial charge in [0.05, 0.1) is 18.6 Å². The molecule has 1 heterocycles. The first-order valence-electron chi connectivity index (χ1n) is 4.19. The summed E-state index contributed by atoms with van der Waals surface area (Å²) < 4.78 is 5.09. The van der Waals surface area contributed by atoms with E-state index >= 15 is 0 Å². The molecular formula is C8H13NO4. The number of ether oxygens (including phenoxy) is 1. The Balaban J connectivity index is 2.56. The van der Waals surface area contributed by atoms with Crippen LogP contribution in [0.3, 0.4) is 0 Å². The predicted molar refractivity (Wildman–Crippen MR) is 44.2 cm³/mol. The maximum absolute atomic E-state index is 10.7. The zero-order chi connectivity index (χ0) is 9.84. The summed E-state index contributed by atoms with van der Waals surface area (Å²) in [7, 11) is 0. The summed E-state index contributed by atoms with van der Waals surface area (Å²) in [6, 6.07) is -0.385. The molecule has 0 aliphatic carbocycles. The number of amides is 1. The molecule has 0 unspecified atom stereocenters. The molecule has 13 heavy (non-hydrogen) atoms. The van der Waals surface area contributed by atoms with E-state index in [1.807, 2.05) is 0 Å². The van der Waals surface area contributed by atoms with Crippen LogP contribution >= 0.6 is 0 Å². The third-order valence-electron chi connectivity index (χ3n) is 2.06. The molecule has 1 rings (SSSR count). The fraction of sp³-hybridized carbons (Fsp3) is 0.750. The zero-order valence-corrected chi connectivity index (χ0v) is 7.45. The lowest BCUT2D eigenvalue weighted by molar-refractivity contribution is -0.146. The summed E-state index contributed by atoms with van der Waals surface area (Å²) in [5.74, 6) is -1.61. The highest BCUT2D eigenvalue weighted by molar-refractivity contribution is 5.76. The van der Waals surface area contributed by atoms with Crippen LogP contribution < -0.4 is 5.32 Å². The van der Waals surface area contributed by atoms with Crippen LogP contribution in [-0.2, 0) is 14.3 Å². The Bertz CT molecular complexity index is 216. The van der Waals surface area contributed by atoms with Crippen LogP contribution in [0.25, 0.3) is 0 Å². The van der Waals surface area contributed by atoms with E-state index in [2.05, 4.69) is 5.32 Å². The van der Waals surface area contributed by atoms with E-state index in [1.54, 1.807) is 0 Å². The Hall–Kier alpha value is -1.10. The van der Waals surface area contributed by atoms with Gasteiger partial charge >= 0.3 is 5.97 Å². The topological polar surface area (TPSA) is 75.6 Å². The van der Waals surface area contributed by atoms with E-state index in [4.69, 9.17) is 9.84 Å². The quantitative estimate of drug-likeness (QED) is 0.617. The minimum absolute atomic E-state index is 0.221. The van der Waals surface area contributed by atoms with Crippen molar-refractivity contribution in [3.05, 3.63) is 0 Å². The molecule has 0 aromatic carbocycles. The number of nitrogens with one attached hydrogen (secondary N) is 1. The number of hydrogen-bond acceptors (Lipinski definition) is 3. The first-order valence-corrected chi connectivity index (χ1v) is 4.19. The minimum atomic E-state index is -0.873. The molecule has 0 saturated carbocycles. The Kier molecular flexibility index (Phi) is 3.25. The van der Waals surface area contributed by atoms with Crippen molar-refractivity contribution < 1.29 is 19.4 Å².